The van der Waals surface area contributed by atoms with Gasteiger partial charge >= 0.3 is 0 Å². The van der Waals surface area contributed by atoms with Gasteiger partial charge in [-0.2, -0.15) is 4.98 Å². The second kappa shape index (κ2) is 5.52. The molecule has 1 fully saturated rings. The minimum Gasteiger partial charge on any atom is -0.367 e. The average Bonchev–Trinajstić information content (AvgIpc) is 2.26. The van der Waals surface area contributed by atoms with E-state index in [1.165, 1.54) is 19.3 Å². The molecule has 0 aliphatic heterocycles. The molecule has 1 aromatic rings. The monoisotopic (exact) mass is 249 g/mol. The van der Waals surface area contributed by atoms with E-state index in [-0.39, 0.29) is 0 Å². The quantitative estimate of drug-likeness (QED) is 0.566. The van der Waals surface area contributed by atoms with Gasteiger partial charge < -0.3 is 5.32 Å². The van der Waals surface area contributed by atoms with E-state index >= 15 is 0 Å². The van der Waals surface area contributed by atoms with Crippen LogP contribution in [0.1, 0.15) is 38.8 Å². The topological polar surface area (TPSA) is 75.9 Å². The fourth-order valence-corrected chi connectivity index (χ4v) is 2.98. The molecule has 5 heteroatoms. The van der Waals surface area contributed by atoms with E-state index in [1.807, 2.05) is 13.0 Å². The maximum absolute atomic E-state index is 5.36. The van der Waals surface area contributed by atoms with Gasteiger partial charge in [0, 0.05) is 17.8 Å². The Morgan fingerprint density at radius 1 is 1.17 bits per heavy atom. The van der Waals surface area contributed by atoms with Crippen molar-refractivity contribution in [3.63, 3.8) is 0 Å². The number of anilines is 2. The van der Waals surface area contributed by atoms with Crippen LogP contribution in [0, 0.1) is 18.8 Å². The summed E-state index contributed by atoms with van der Waals surface area (Å²) in [6.07, 6.45) is 3.74. The van der Waals surface area contributed by atoms with Crippen LogP contribution >= 0.6 is 0 Å². The fourth-order valence-electron chi connectivity index (χ4n) is 2.98. The molecule has 0 amide bonds. The lowest BCUT2D eigenvalue weighted by Gasteiger charge is -2.32. The van der Waals surface area contributed by atoms with Crippen molar-refractivity contribution in [1.82, 2.24) is 9.97 Å². The van der Waals surface area contributed by atoms with Crippen LogP contribution in [0.5, 0.6) is 0 Å². The summed E-state index contributed by atoms with van der Waals surface area (Å²) in [4.78, 5) is 8.53. The smallest absolute Gasteiger partial charge is 0.239 e. The largest absolute Gasteiger partial charge is 0.367 e. The Hall–Kier alpha value is -1.36. The third-order valence-electron chi connectivity index (χ3n) is 3.51. The molecule has 1 saturated carbocycles. The second-order valence-corrected chi connectivity index (χ2v) is 5.62. The van der Waals surface area contributed by atoms with Gasteiger partial charge in [0.15, 0.2) is 0 Å². The van der Waals surface area contributed by atoms with E-state index in [4.69, 9.17) is 5.84 Å². The molecule has 2 atom stereocenters. The molecule has 1 aliphatic carbocycles. The summed E-state index contributed by atoms with van der Waals surface area (Å²) in [5.41, 5.74) is 3.41. The molecule has 1 heterocycles. The van der Waals surface area contributed by atoms with Crippen LogP contribution in [-0.2, 0) is 0 Å². The minimum absolute atomic E-state index is 0.467. The van der Waals surface area contributed by atoms with E-state index in [2.05, 4.69) is 34.6 Å². The van der Waals surface area contributed by atoms with Crippen LogP contribution in [0.4, 0.5) is 11.8 Å². The number of aryl methyl sites for hydroxylation is 1. The highest BCUT2D eigenvalue weighted by molar-refractivity contribution is 5.42. The first-order valence-corrected chi connectivity index (χ1v) is 6.65. The summed E-state index contributed by atoms with van der Waals surface area (Å²) < 4.78 is 0. The number of hydrogen-bond donors (Lipinski definition) is 3. The summed E-state index contributed by atoms with van der Waals surface area (Å²) >= 11 is 0. The number of aromatic nitrogens is 2. The molecule has 1 aromatic heterocycles. The lowest BCUT2D eigenvalue weighted by molar-refractivity contribution is 0.280. The van der Waals surface area contributed by atoms with Gasteiger partial charge in [0.1, 0.15) is 5.82 Å². The average molecular weight is 249 g/mol. The van der Waals surface area contributed by atoms with Crippen LogP contribution in [0.15, 0.2) is 6.07 Å². The standard InChI is InChI=1S/C13H23N5/c1-8-4-9(2)6-11(5-8)16-12-7-10(3)15-13(17-12)18-14/h7-9,11H,4-6,14H2,1-3H3,(H2,15,16,17,18). The Kier molecular flexibility index (Phi) is 4.01. The molecule has 2 rings (SSSR count). The third-order valence-corrected chi connectivity index (χ3v) is 3.51. The SMILES string of the molecule is Cc1cc(NC2CC(C)CC(C)C2)nc(NN)n1. The molecule has 0 bridgehead atoms. The number of rotatable bonds is 3. The summed E-state index contributed by atoms with van der Waals surface area (Å²) in [6, 6.07) is 2.47. The Bertz CT molecular complexity index is 396. The van der Waals surface area contributed by atoms with Crippen LogP contribution in [0.2, 0.25) is 0 Å². The molecular formula is C13H23N5. The first-order valence-electron chi connectivity index (χ1n) is 6.65. The zero-order chi connectivity index (χ0) is 13.1. The lowest BCUT2D eigenvalue weighted by Crippen LogP contribution is -2.30. The highest BCUT2D eigenvalue weighted by atomic mass is 15.3. The molecule has 0 radical (unpaired) electrons. The molecule has 5 nitrogen and oxygen atoms in total. The van der Waals surface area contributed by atoms with Gasteiger partial charge in [-0.1, -0.05) is 13.8 Å². The highest BCUT2D eigenvalue weighted by Crippen LogP contribution is 2.30. The van der Waals surface area contributed by atoms with Crippen molar-refractivity contribution in [2.24, 2.45) is 17.7 Å². The molecule has 4 N–H and O–H groups in total. The van der Waals surface area contributed by atoms with Crippen LogP contribution < -0.4 is 16.6 Å². The van der Waals surface area contributed by atoms with Crippen molar-refractivity contribution in [3.05, 3.63) is 11.8 Å². The van der Waals surface area contributed by atoms with Crippen molar-refractivity contribution in [1.29, 1.82) is 0 Å². The van der Waals surface area contributed by atoms with Gasteiger partial charge in [0.2, 0.25) is 5.95 Å². The number of hydrazine groups is 1. The fraction of sp³-hybridized carbons (Fsp3) is 0.692. The van der Waals surface area contributed by atoms with Crippen LogP contribution in [-0.4, -0.2) is 16.0 Å². The Labute approximate surface area is 109 Å². The highest BCUT2D eigenvalue weighted by Gasteiger charge is 2.24. The lowest BCUT2D eigenvalue weighted by atomic mass is 9.80. The van der Waals surface area contributed by atoms with Gasteiger partial charge in [-0.25, -0.2) is 10.8 Å². The summed E-state index contributed by atoms with van der Waals surface area (Å²) in [7, 11) is 0. The maximum Gasteiger partial charge on any atom is 0.239 e. The van der Waals surface area contributed by atoms with E-state index in [1.54, 1.807) is 0 Å². The summed E-state index contributed by atoms with van der Waals surface area (Å²) in [5, 5.41) is 3.51. The Morgan fingerprint density at radius 2 is 1.83 bits per heavy atom. The van der Waals surface area contributed by atoms with Gasteiger partial charge in [0.05, 0.1) is 0 Å². The number of hydrogen-bond acceptors (Lipinski definition) is 5. The van der Waals surface area contributed by atoms with Crippen molar-refractivity contribution in [2.45, 2.75) is 46.1 Å². The number of nitrogen functional groups attached to an aromatic ring is 1. The zero-order valence-corrected chi connectivity index (χ0v) is 11.4. The van der Waals surface area contributed by atoms with E-state index < -0.39 is 0 Å². The molecule has 0 saturated heterocycles. The minimum atomic E-state index is 0.467. The second-order valence-electron chi connectivity index (χ2n) is 5.62. The van der Waals surface area contributed by atoms with Gasteiger partial charge in [-0.15, -0.1) is 0 Å². The third kappa shape index (κ3) is 3.32. The normalized spacial score (nSPS) is 27.9. The van der Waals surface area contributed by atoms with E-state index in [0.29, 0.717) is 12.0 Å². The van der Waals surface area contributed by atoms with Gasteiger partial charge in [-0.05, 0) is 38.0 Å². The molecule has 18 heavy (non-hydrogen) atoms. The molecule has 100 valence electrons. The molecule has 0 aromatic carbocycles. The molecule has 2 unspecified atom stereocenters. The number of nitrogens with two attached hydrogens (primary N) is 1. The first kappa shape index (κ1) is 13.1. The Balaban J connectivity index is 2.06. The molecule has 1 aliphatic rings. The van der Waals surface area contributed by atoms with E-state index in [0.717, 1.165) is 23.3 Å². The van der Waals surface area contributed by atoms with Crippen molar-refractivity contribution >= 4 is 11.8 Å². The van der Waals surface area contributed by atoms with Crippen molar-refractivity contribution < 1.29 is 0 Å². The Morgan fingerprint density at radius 3 is 2.44 bits per heavy atom. The van der Waals surface area contributed by atoms with Crippen LogP contribution in [0.25, 0.3) is 0 Å². The summed E-state index contributed by atoms with van der Waals surface area (Å²) in [5.74, 6) is 8.25. The van der Waals surface area contributed by atoms with Crippen LogP contribution in [0.3, 0.4) is 0 Å². The summed E-state index contributed by atoms with van der Waals surface area (Å²) in [6.45, 7) is 6.59. The first-order chi connectivity index (χ1) is 8.56. The van der Waals surface area contributed by atoms with Crippen molar-refractivity contribution in [2.75, 3.05) is 10.7 Å². The van der Waals surface area contributed by atoms with Crippen molar-refractivity contribution in [3.8, 4) is 0 Å². The molecule has 0 spiro atoms. The predicted octanol–water partition coefficient (Wildman–Crippen LogP) is 2.31. The molecular weight excluding hydrogens is 226 g/mol. The van der Waals surface area contributed by atoms with Gasteiger partial charge in [0.25, 0.3) is 0 Å². The van der Waals surface area contributed by atoms with Gasteiger partial charge in [-0.3, -0.25) is 5.43 Å². The van der Waals surface area contributed by atoms with E-state index in [9.17, 15) is 0 Å². The predicted molar refractivity (Wildman–Crippen MR) is 74.2 cm³/mol. The number of nitrogens with zero attached hydrogens (tertiary/aromatic N) is 2. The maximum atomic E-state index is 5.36. The number of nitrogens with one attached hydrogen (secondary N) is 2. The zero-order valence-electron chi connectivity index (χ0n) is 11.4.